The van der Waals surface area contributed by atoms with E-state index in [1.165, 1.54) is 25.6 Å². The molecule has 4 nitrogen and oxygen atoms in total. The van der Waals surface area contributed by atoms with Crippen molar-refractivity contribution in [2.24, 2.45) is 0 Å². The predicted molar refractivity (Wildman–Crippen MR) is 62.2 cm³/mol. The number of thiophene rings is 1. The Bertz CT molecular complexity index is 325. The molecule has 0 aliphatic rings. The number of hydrogen-bond acceptors (Lipinski definition) is 4. The first-order valence-corrected chi connectivity index (χ1v) is 5.98. The monoisotopic (exact) mass is 293 g/mol. The summed E-state index contributed by atoms with van der Waals surface area (Å²) in [5.74, 6) is -0.137. The largest absolute Gasteiger partial charge is 0.354 e. The number of methoxy groups -OCH3 is 2. The molecule has 1 aromatic heterocycles. The van der Waals surface area contributed by atoms with Gasteiger partial charge in [0, 0.05) is 29.5 Å². The van der Waals surface area contributed by atoms with Crippen LogP contribution in [0.15, 0.2) is 15.2 Å². The highest BCUT2D eigenvalue weighted by molar-refractivity contribution is 9.10. The summed E-state index contributed by atoms with van der Waals surface area (Å²) in [6.45, 7) is 0.328. The van der Waals surface area contributed by atoms with Crippen molar-refractivity contribution in [3.8, 4) is 0 Å². The van der Waals surface area contributed by atoms with E-state index in [2.05, 4.69) is 21.2 Å². The van der Waals surface area contributed by atoms with Crippen molar-refractivity contribution in [2.75, 3.05) is 20.8 Å². The zero-order valence-corrected chi connectivity index (χ0v) is 10.9. The van der Waals surface area contributed by atoms with Gasteiger partial charge in [-0.15, -0.1) is 0 Å². The molecule has 1 amide bonds. The fraction of sp³-hybridized carbons (Fsp3) is 0.444. The number of hydrogen-bond donors (Lipinski definition) is 1. The minimum absolute atomic E-state index is 0.137. The third-order valence-electron chi connectivity index (χ3n) is 1.81. The van der Waals surface area contributed by atoms with E-state index >= 15 is 0 Å². The smallest absolute Gasteiger partial charge is 0.253 e. The second-order valence-corrected chi connectivity index (χ2v) is 4.34. The lowest BCUT2D eigenvalue weighted by Crippen LogP contribution is -2.34. The molecule has 0 aliphatic carbocycles. The minimum Gasteiger partial charge on any atom is -0.354 e. The Morgan fingerprint density at radius 2 is 2.20 bits per heavy atom. The predicted octanol–water partition coefficient (Wildman–Crippen LogP) is 1.86. The number of amides is 1. The molecule has 1 aromatic rings. The van der Waals surface area contributed by atoms with Gasteiger partial charge in [-0.05, 0) is 15.9 Å². The maximum atomic E-state index is 11.6. The Labute approximate surface area is 101 Å². The van der Waals surface area contributed by atoms with Crippen LogP contribution in [0, 0.1) is 0 Å². The highest BCUT2D eigenvalue weighted by atomic mass is 79.9. The highest BCUT2D eigenvalue weighted by Crippen LogP contribution is 2.20. The Hall–Kier alpha value is -0.430. The highest BCUT2D eigenvalue weighted by Gasteiger charge is 2.12. The van der Waals surface area contributed by atoms with Gasteiger partial charge in [0.15, 0.2) is 6.29 Å². The van der Waals surface area contributed by atoms with E-state index in [1.54, 1.807) is 5.38 Å². The first-order chi connectivity index (χ1) is 7.19. The summed E-state index contributed by atoms with van der Waals surface area (Å²) in [4.78, 5) is 11.6. The molecule has 0 aromatic carbocycles. The molecule has 0 bridgehead atoms. The van der Waals surface area contributed by atoms with Gasteiger partial charge in [0.05, 0.1) is 12.1 Å². The van der Waals surface area contributed by atoms with E-state index in [-0.39, 0.29) is 5.91 Å². The summed E-state index contributed by atoms with van der Waals surface area (Å²) in [7, 11) is 3.06. The number of carbonyl (C=O) groups excluding carboxylic acids is 1. The second-order valence-electron chi connectivity index (χ2n) is 2.74. The molecule has 15 heavy (non-hydrogen) atoms. The van der Waals surface area contributed by atoms with Crippen LogP contribution in [-0.4, -0.2) is 33.0 Å². The zero-order valence-electron chi connectivity index (χ0n) is 8.45. The normalized spacial score (nSPS) is 10.7. The first-order valence-electron chi connectivity index (χ1n) is 4.24. The van der Waals surface area contributed by atoms with Crippen molar-refractivity contribution in [3.63, 3.8) is 0 Å². The lowest BCUT2D eigenvalue weighted by Gasteiger charge is -2.13. The Kier molecular flexibility index (Phi) is 5.24. The number of halogens is 1. The van der Waals surface area contributed by atoms with Gasteiger partial charge < -0.3 is 14.8 Å². The van der Waals surface area contributed by atoms with Gasteiger partial charge in [0.1, 0.15) is 0 Å². The second kappa shape index (κ2) is 6.22. The van der Waals surface area contributed by atoms with Crippen molar-refractivity contribution < 1.29 is 14.3 Å². The van der Waals surface area contributed by atoms with Crippen LogP contribution in [0.4, 0.5) is 0 Å². The van der Waals surface area contributed by atoms with E-state index < -0.39 is 6.29 Å². The topological polar surface area (TPSA) is 47.6 Å². The molecule has 6 heteroatoms. The standard InChI is InChI=1S/C9H12BrNO3S/c1-13-8(14-2)3-11-9(12)6-4-15-5-7(6)10/h4-5,8H,3H2,1-2H3,(H,11,12). The van der Waals surface area contributed by atoms with Crippen LogP contribution in [0.3, 0.4) is 0 Å². The number of ether oxygens (including phenoxy) is 2. The third kappa shape index (κ3) is 3.57. The Balaban J connectivity index is 2.47. The van der Waals surface area contributed by atoms with Gasteiger partial charge in [-0.2, -0.15) is 11.3 Å². The molecule has 1 heterocycles. The van der Waals surface area contributed by atoms with Crippen molar-refractivity contribution in [2.45, 2.75) is 6.29 Å². The van der Waals surface area contributed by atoms with Crippen molar-refractivity contribution in [1.82, 2.24) is 5.32 Å². The van der Waals surface area contributed by atoms with Crippen LogP contribution in [0.25, 0.3) is 0 Å². The first kappa shape index (κ1) is 12.6. The van der Waals surface area contributed by atoms with Gasteiger partial charge in [0.25, 0.3) is 5.91 Å². The van der Waals surface area contributed by atoms with Crippen LogP contribution in [0.2, 0.25) is 0 Å². The molecular weight excluding hydrogens is 282 g/mol. The van der Waals surface area contributed by atoms with E-state index in [1.807, 2.05) is 5.38 Å². The Morgan fingerprint density at radius 3 is 2.67 bits per heavy atom. The van der Waals surface area contributed by atoms with Gasteiger partial charge in [-0.3, -0.25) is 4.79 Å². The number of nitrogens with one attached hydrogen (secondary N) is 1. The quantitative estimate of drug-likeness (QED) is 0.843. The molecule has 0 fully saturated rings. The maximum Gasteiger partial charge on any atom is 0.253 e. The Morgan fingerprint density at radius 1 is 1.53 bits per heavy atom. The molecule has 0 unspecified atom stereocenters. The molecule has 84 valence electrons. The van der Waals surface area contributed by atoms with E-state index in [0.29, 0.717) is 12.1 Å². The maximum absolute atomic E-state index is 11.6. The average molecular weight is 294 g/mol. The summed E-state index contributed by atoms with van der Waals surface area (Å²) in [5, 5.41) is 6.36. The summed E-state index contributed by atoms with van der Waals surface area (Å²) in [6.07, 6.45) is -0.411. The molecule has 0 aliphatic heterocycles. The van der Waals surface area contributed by atoms with Crippen LogP contribution >= 0.6 is 27.3 Å². The number of rotatable bonds is 5. The molecule has 0 spiro atoms. The van der Waals surface area contributed by atoms with Gasteiger partial charge in [0.2, 0.25) is 0 Å². The summed E-state index contributed by atoms with van der Waals surface area (Å²) >= 11 is 4.77. The third-order valence-corrected chi connectivity index (χ3v) is 3.52. The SMILES string of the molecule is COC(CNC(=O)c1cscc1Br)OC. The lowest BCUT2D eigenvalue weighted by molar-refractivity contribution is -0.0974. The van der Waals surface area contributed by atoms with Crippen LogP contribution in [0.1, 0.15) is 10.4 Å². The fourth-order valence-corrected chi connectivity index (χ4v) is 2.43. The van der Waals surface area contributed by atoms with Gasteiger partial charge in [-0.1, -0.05) is 0 Å². The van der Waals surface area contributed by atoms with E-state index in [9.17, 15) is 4.79 Å². The summed E-state index contributed by atoms with van der Waals surface area (Å²) in [6, 6.07) is 0. The van der Waals surface area contributed by atoms with E-state index in [0.717, 1.165) is 4.47 Å². The van der Waals surface area contributed by atoms with Crippen molar-refractivity contribution in [1.29, 1.82) is 0 Å². The van der Waals surface area contributed by atoms with Crippen molar-refractivity contribution >= 4 is 33.2 Å². The van der Waals surface area contributed by atoms with Crippen LogP contribution in [0.5, 0.6) is 0 Å². The average Bonchev–Trinajstić information content (AvgIpc) is 2.66. The molecule has 1 N–H and O–H groups in total. The number of carbonyl (C=O) groups is 1. The molecule has 1 rings (SSSR count). The zero-order chi connectivity index (χ0) is 11.3. The minimum atomic E-state index is -0.411. The van der Waals surface area contributed by atoms with Gasteiger partial charge >= 0.3 is 0 Å². The lowest BCUT2D eigenvalue weighted by atomic mass is 10.3. The summed E-state index contributed by atoms with van der Waals surface area (Å²) in [5.41, 5.74) is 0.631. The molecule has 0 atom stereocenters. The summed E-state index contributed by atoms with van der Waals surface area (Å²) < 4.78 is 10.7. The van der Waals surface area contributed by atoms with E-state index in [4.69, 9.17) is 9.47 Å². The molecule has 0 saturated carbocycles. The van der Waals surface area contributed by atoms with Crippen LogP contribution < -0.4 is 5.32 Å². The van der Waals surface area contributed by atoms with Crippen LogP contribution in [-0.2, 0) is 9.47 Å². The molecule has 0 radical (unpaired) electrons. The molecular formula is C9H12BrNO3S. The molecule has 0 saturated heterocycles. The van der Waals surface area contributed by atoms with Crippen molar-refractivity contribution in [3.05, 3.63) is 20.8 Å². The fourth-order valence-electron chi connectivity index (χ4n) is 0.978. The van der Waals surface area contributed by atoms with Gasteiger partial charge in [-0.25, -0.2) is 0 Å².